The molecule has 5 heteroatoms. The summed E-state index contributed by atoms with van der Waals surface area (Å²) in [4.78, 5) is 12.7. The average molecular weight is 246 g/mol. The number of nitrogens with one attached hydrogen (secondary N) is 1. The van der Waals surface area contributed by atoms with Gasteiger partial charge in [0.2, 0.25) is 0 Å². The Morgan fingerprint density at radius 2 is 2.53 bits per heavy atom. The molecule has 1 aromatic rings. The summed E-state index contributed by atoms with van der Waals surface area (Å²) in [5, 5.41) is 5.51. The summed E-state index contributed by atoms with van der Waals surface area (Å²) >= 11 is 7.30. The smallest absolute Gasteiger partial charge is 0.193 e. The first kappa shape index (κ1) is 11.1. The van der Waals surface area contributed by atoms with E-state index in [1.807, 2.05) is 12.3 Å². The summed E-state index contributed by atoms with van der Waals surface area (Å²) in [6, 6.07) is 1.48. The Morgan fingerprint density at radius 1 is 1.73 bits per heavy atom. The van der Waals surface area contributed by atoms with Crippen molar-refractivity contribution in [2.45, 2.75) is 19.1 Å². The molecule has 2 heterocycles. The first-order chi connectivity index (χ1) is 7.20. The maximum absolute atomic E-state index is 12.1. The highest BCUT2D eigenvalue weighted by Crippen LogP contribution is 2.24. The highest BCUT2D eigenvalue weighted by atomic mass is 35.5. The number of ketones is 1. The third-order valence-electron chi connectivity index (χ3n) is 2.44. The number of thiophene rings is 1. The zero-order valence-electron chi connectivity index (χ0n) is 8.33. The van der Waals surface area contributed by atoms with E-state index >= 15 is 0 Å². The van der Waals surface area contributed by atoms with E-state index in [-0.39, 0.29) is 17.9 Å². The summed E-state index contributed by atoms with van der Waals surface area (Å²) in [5.41, 5.74) is 0. The molecule has 1 aromatic heterocycles. The summed E-state index contributed by atoms with van der Waals surface area (Å²) in [5.74, 6) is 0.0298. The van der Waals surface area contributed by atoms with Crippen LogP contribution < -0.4 is 5.32 Å². The zero-order chi connectivity index (χ0) is 10.8. The van der Waals surface area contributed by atoms with Crippen LogP contribution in [-0.4, -0.2) is 31.1 Å². The lowest BCUT2D eigenvalue weighted by molar-refractivity contribution is 0.0113. The lowest BCUT2D eigenvalue weighted by Gasteiger charge is -2.28. The quantitative estimate of drug-likeness (QED) is 0.810. The molecular weight excluding hydrogens is 234 g/mol. The second kappa shape index (κ2) is 4.61. The van der Waals surface area contributed by atoms with Crippen molar-refractivity contribution in [3.63, 3.8) is 0 Å². The molecule has 2 rings (SSSR count). The molecule has 1 aliphatic heterocycles. The van der Waals surface area contributed by atoms with Gasteiger partial charge in [-0.05, 0) is 18.4 Å². The number of hydrogen-bond donors (Lipinski definition) is 1. The Bertz CT molecular complexity index is 366. The van der Waals surface area contributed by atoms with Crippen LogP contribution in [0.2, 0.25) is 5.02 Å². The first-order valence-electron chi connectivity index (χ1n) is 4.82. The van der Waals surface area contributed by atoms with Gasteiger partial charge in [-0.2, -0.15) is 0 Å². The molecule has 0 radical (unpaired) electrons. The molecule has 0 aromatic carbocycles. The van der Waals surface area contributed by atoms with Crippen molar-refractivity contribution in [2.24, 2.45) is 0 Å². The van der Waals surface area contributed by atoms with Crippen LogP contribution >= 0.6 is 22.9 Å². The van der Waals surface area contributed by atoms with Gasteiger partial charge >= 0.3 is 0 Å². The minimum Gasteiger partial charge on any atom is -0.375 e. The molecule has 0 aliphatic carbocycles. The molecule has 3 nitrogen and oxygen atoms in total. The van der Waals surface area contributed by atoms with Crippen LogP contribution in [0.25, 0.3) is 0 Å². The van der Waals surface area contributed by atoms with Crippen LogP contribution in [0, 0.1) is 0 Å². The van der Waals surface area contributed by atoms with Crippen molar-refractivity contribution >= 4 is 28.7 Å². The number of morpholine rings is 1. The fraction of sp³-hybridized carbons (Fsp3) is 0.500. The molecule has 0 bridgehead atoms. The maximum atomic E-state index is 12.1. The van der Waals surface area contributed by atoms with Gasteiger partial charge in [0.05, 0.1) is 28.7 Å². The van der Waals surface area contributed by atoms with E-state index in [0.29, 0.717) is 23.1 Å². The molecule has 15 heavy (non-hydrogen) atoms. The average Bonchev–Trinajstić information content (AvgIpc) is 2.64. The molecule has 0 saturated carbocycles. The second-order valence-corrected chi connectivity index (χ2v) is 4.79. The van der Waals surface area contributed by atoms with Crippen molar-refractivity contribution in [3.8, 4) is 0 Å². The van der Waals surface area contributed by atoms with Gasteiger partial charge in [-0.1, -0.05) is 11.6 Å². The predicted octanol–water partition coefficient (Wildman–Crippen LogP) is 1.96. The van der Waals surface area contributed by atoms with Crippen LogP contribution in [0.5, 0.6) is 0 Å². The van der Waals surface area contributed by atoms with E-state index in [4.69, 9.17) is 16.3 Å². The van der Waals surface area contributed by atoms with E-state index in [0.717, 1.165) is 0 Å². The van der Waals surface area contributed by atoms with Crippen LogP contribution in [0.4, 0.5) is 0 Å². The molecule has 2 atom stereocenters. The van der Waals surface area contributed by atoms with Gasteiger partial charge in [0.25, 0.3) is 0 Å². The van der Waals surface area contributed by atoms with Crippen molar-refractivity contribution in [1.29, 1.82) is 0 Å². The molecule has 0 spiro atoms. The number of carbonyl (C=O) groups is 1. The molecule has 1 aliphatic rings. The standard InChI is InChI=1S/C10H12ClNO2S/c1-6-8(12-3-4-14-6)9(13)10-7(11)2-5-15-10/h2,5-6,8,12H,3-4H2,1H3. The molecule has 2 unspecified atom stereocenters. The normalized spacial score (nSPS) is 26.5. The summed E-state index contributed by atoms with van der Waals surface area (Å²) in [6.45, 7) is 3.27. The van der Waals surface area contributed by atoms with Crippen molar-refractivity contribution < 1.29 is 9.53 Å². The van der Waals surface area contributed by atoms with E-state index in [1.165, 1.54) is 11.3 Å². The van der Waals surface area contributed by atoms with Crippen LogP contribution in [0.1, 0.15) is 16.6 Å². The van der Waals surface area contributed by atoms with Crippen molar-refractivity contribution in [1.82, 2.24) is 5.32 Å². The summed E-state index contributed by atoms with van der Waals surface area (Å²) in [7, 11) is 0. The number of halogens is 1. The number of carbonyl (C=O) groups excluding carboxylic acids is 1. The lowest BCUT2D eigenvalue weighted by Crippen LogP contribution is -2.51. The number of rotatable bonds is 2. The summed E-state index contributed by atoms with van der Waals surface area (Å²) in [6.07, 6.45) is -0.0931. The van der Waals surface area contributed by atoms with Gasteiger partial charge in [0.1, 0.15) is 0 Å². The number of ether oxygens (including phenoxy) is 1. The Morgan fingerprint density at radius 3 is 3.13 bits per heavy atom. The largest absolute Gasteiger partial charge is 0.375 e. The van der Waals surface area contributed by atoms with Gasteiger partial charge in [-0.15, -0.1) is 11.3 Å². The van der Waals surface area contributed by atoms with Gasteiger partial charge < -0.3 is 10.1 Å². The van der Waals surface area contributed by atoms with Crippen LogP contribution in [-0.2, 0) is 4.74 Å². The second-order valence-electron chi connectivity index (χ2n) is 3.47. The van der Waals surface area contributed by atoms with E-state index in [2.05, 4.69) is 5.32 Å². The Labute approximate surface area is 97.4 Å². The number of Topliss-reactive ketones (excluding diaryl/α,β-unsaturated/α-hetero) is 1. The fourth-order valence-corrected chi connectivity index (χ4v) is 2.77. The molecular formula is C10H12ClNO2S. The first-order valence-corrected chi connectivity index (χ1v) is 6.08. The lowest BCUT2D eigenvalue weighted by atomic mass is 10.1. The monoisotopic (exact) mass is 245 g/mol. The van der Waals surface area contributed by atoms with Crippen LogP contribution in [0.3, 0.4) is 0 Å². The molecule has 82 valence electrons. The topological polar surface area (TPSA) is 38.3 Å². The maximum Gasteiger partial charge on any atom is 0.193 e. The Kier molecular flexibility index (Phi) is 3.41. The molecule has 1 N–H and O–H groups in total. The van der Waals surface area contributed by atoms with Crippen molar-refractivity contribution in [3.05, 3.63) is 21.3 Å². The van der Waals surface area contributed by atoms with E-state index in [9.17, 15) is 4.79 Å². The predicted molar refractivity (Wildman–Crippen MR) is 60.9 cm³/mol. The summed E-state index contributed by atoms with van der Waals surface area (Å²) < 4.78 is 5.43. The van der Waals surface area contributed by atoms with E-state index < -0.39 is 0 Å². The minimum atomic E-state index is -0.269. The molecule has 1 saturated heterocycles. The fourth-order valence-electron chi connectivity index (χ4n) is 1.64. The highest BCUT2D eigenvalue weighted by Gasteiger charge is 2.30. The third kappa shape index (κ3) is 2.23. The van der Waals surface area contributed by atoms with E-state index in [1.54, 1.807) is 6.07 Å². The van der Waals surface area contributed by atoms with Gasteiger partial charge in [0.15, 0.2) is 5.78 Å². The highest BCUT2D eigenvalue weighted by molar-refractivity contribution is 7.12. The molecule has 1 fully saturated rings. The van der Waals surface area contributed by atoms with Gasteiger partial charge in [-0.25, -0.2) is 0 Å². The van der Waals surface area contributed by atoms with Gasteiger partial charge in [0, 0.05) is 6.54 Å². The van der Waals surface area contributed by atoms with Crippen LogP contribution in [0.15, 0.2) is 11.4 Å². The van der Waals surface area contributed by atoms with Gasteiger partial charge in [-0.3, -0.25) is 4.79 Å². The SMILES string of the molecule is CC1OCCNC1C(=O)c1sccc1Cl. The Hall–Kier alpha value is -0.420. The zero-order valence-corrected chi connectivity index (χ0v) is 9.90. The number of hydrogen-bond acceptors (Lipinski definition) is 4. The minimum absolute atomic E-state index is 0.0298. The Balaban J connectivity index is 2.17. The molecule has 0 amide bonds. The third-order valence-corrected chi connectivity index (χ3v) is 3.80. The van der Waals surface area contributed by atoms with Crippen molar-refractivity contribution in [2.75, 3.05) is 13.2 Å².